The van der Waals surface area contributed by atoms with Crippen molar-refractivity contribution in [1.29, 1.82) is 0 Å². The molecule has 0 aromatic heterocycles. The molecule has 136 valence electrons. The van der Waals surface area contributed by atoms with E-state index in [2.05, 4.69) is 15.5 Å². The molecule has 0 spiro atoms. The number of carbonyl (C=O) groups is 2. The number of carbonyl (C=O) groups excluding carboxylic acids is 2. The van der Waals surface area contributed by atoms with Crippen molar-refractivity contribution in [1.82, 2.24) is 15.1 Å². The van der Waals surface area contributed by atoms with Crippen molar-refractivity contribution in [2.45, 2.75) is 19.4 Å². The molecule has 0 aliphatic carbocycles. The predicted octanol–water partition coefficient (Wildman–Crippen LogP) is 0.906. The first-order chi connectivity index (χ1) is 12.0. The second kappa shape index (κ2) is 7.93. The van der Waals surface area contributed by atoms with Gasteiger partial charge in [-0.15, -0.1) is 0 Å². The van der Waals surface area contributed by atoms with Crippen molar-refractivity contribution >= 4 is 17.5 Å². The third-order valence-corrected chi connectivity index (χ3v) is 5.05. The van der Waals surface area contributed by atoms with Gasteiger partial charge >= 0.3 is 0 Å². The summed E-state index contributed by atoms with van der Waals surface area (Å²) in [4.78, 5) is 28.8. The van der Waals surface area contributed by atoms with E-state index in [1.807, 2.05) is 11.8 Å². The summed E-state index contributed by atoms with van der Waals surface area (Å²) in [7, 11) is 0. The molecular weight excluding hydrogens is 323 g/mol. The molecule has 0 bridgehead atoms. The molecule has 25 heavy (non-hydrogen) atoms. The van der Waals surface area contributed by atoms with Crippen LogP contribution in [0.1, 0.15) is 13.3 Å². The summed E-state index contributed by atoms with van der Waals surface area (Å²) >= 11 is 0. The van der Waals surface area contributed by atoms with Crippen LogP contribution in [0.5, 0.6) is 0 Å². The van der Waals surface area contributed by atoms with Crippen LogP contribution in [-0.2, 0) is 9.59 Å². The molecule has 1 aromatic rings. The van der Waals surface area contributed by atoms with Crippen LogP contribution in [0.3, 0.4) is 0 Å². The lowest BCUT2D eigenvalue weighted by Crippen LogP contribution is -2.55. The molecule has 0 saturated carbocycles. The van der Waals surface area contributed by atoms with Crippen LogP contribution in [0.15, 0.2) is 24.3 Å². The minimum Gasteiger partial charge on any atom is -0.340 e. The highest BCUT2D eigenvalue weighted by molar-refractivity contribution is 5.94. The Labute approximate surface area is 147 Å². The molecule has 2 aliphatic heterocycles. The summed E-state index contributed by atoms with van der Waals surface area (Å²) in [5.74, 6) is -0.217. The Bertz CT molecular complexity index is 625. The molecule has 2 unspecified atom stereocenters. The van der Waals surface area contributed by atoms with Gasteiger partial charge in [0.25, 0.3) is 0 Å². The van der Waals surface area contributed by atoms with E-state index in [-0.39, 0.29) is 29.6 Å². The molecule has 2 saturated heterocycles. The average Bonchev–Trinajstić information content (AvgIpc) is 3.15. The fraction of sp³-hybridized carbons (Fsp3) is 0.556. The SMILES string of the molecule is CC(C(=O)Nc1cccc(F)c1)N1CCN(C(=O)C2CCNC2)CC1. The number of nitrogens with zero attached hydrogens (tertiary/aromatic N) is 2. The Balaban J connectivity index is 1.49. The molecule has 0 radical (unpaired) electrons. The maximum absolute atomic E-state index is 13.2. The Morgan fingerprint density at radius 3 is 2.68 bits per heavy atom. The topological polar surface area (TPSA) is 64.7 Å². The Kier molecular flexibility index (Phi) is 5.65. The molecule has 2 fully saturated rings. The first kappa shape index (κ1) is 17.8. The van der Waals surface area contributed by atoms with E-state index in [9.17, 15) is 14.0 Å². The summed E-state index contributed by atoms with van der Waals surface area (Å²) in [5, 5.41) is 5.97. The van der Waals surface area contributed by atoms with Gasteiger partial charge in [0.15, 0.2) is 0 Å². The second-order valence-electron chi connectivity index (χ2n) is 6.73. The standard InChI is InChI=1S/C18H25FN4O2/c1-13(17(24)21-16-4-2-3-15(19)11-16)22-7-9-23(10-8-22)18(25)14-5-6-20-12-14/h2-4,11,13-14,20H,5-10,12H2,1H3,(H,21,24). The summed E-state index contributed by atoms with van der Waals surface area (Å²) in [6.07, 6.45) is 0.908. The molecule has 2 atom stereocenters. The molecule has 2 aliphatic rings. The van der Waals surface area contributed by atoms with Gasteiger partial charge in [0.2, 0.25) is 11.8 Å². The number of piperazine rings is 1. The molecule has 2 N–H and O–H groups in total. The third kappa shape index (κ3) is 4.35. The maximum atomic E-state index is 13.2. The molecule has 3 rings (SSSR count). The van der Waals surface area contributed by atoms with Crippen molar-refractivity contribution in [3.8, 4) is 0 Å². The number of amides is 2. The average molecular weight is 348 g/mol. The molecule has 7 heteroatoms. The first-order valence-electron chi connectivity index (χ1n) is 8.84. The summed E-state index contributed by atoms with van der Waals surface area (Å²) < 4.78 is 13.2. The van der Waals surface area contributed by atoms with Crippen LogP contribution in [0.4, 0.5) is 10.1 Å². The number of halogens is 1. The predicted molar refractivity (Wildman–Crippen MR) is 93.6 cm³/mol. The van der Waals surface area contributed by atoms with Crippen molar-refractivity contribution < 1.29 is 14.0 Å². The highest BCUT2D eigenvalue weighted by Gasteiger charge is 2.31. The summed E-state index contributed by atoms with van der Waals surface area (Å²) in [5.41, 5.74) is 0.458. The minimum atomic E-state index is -0.376. The normalized spacial score (nSPS) is 22.6. The van der Waals surface area contributed by atoms with E-state index < -0.39 is 0 Å². The van der Waals surface area contributed by atoms with E-state index in [1.54, 1.807) is 12.1 Å². The number of nitrogens with one attached hydrogen (secondary N) is 2. The lowest BCUT2D eigenvalue weighted by molar-refractivity contribution is -0.137. The number of hydrogen-bond acceptors (Lipinski definition) is 4. The van der Waals surface area contributed by atoms with Gasteiger partial charge in [0.1, 0.15) is 5.82 Å². The van der Waals surface area contributed by atoms with Crippen LogP contribution in [-0.4, -0.2) is 66.9 Å². The van der Waals surface area contributed by atoms with Gasteiger partial charge < -0.3 is 15.5 Å². The Hall–Kier alpha value is -1.99. The van der Waals surface area contributed by atoms with Crippen molar-refractivity contribution in [3.63, 3.8) is 0 Å². The summed E-state index contributed by atoms with van der Waals surface area (Å²) in [6.45, 7) is 6.15. The van der Waals surface area contributed by atoms with Crippen LogP contribution >= 0.6 is 0 Å². The van der Waals surface area contributed by atoms with Gasteiger partial charge in [0, 0.05) is 38.4 Å². The zero-order chi connectivity index (χ0) is 17.8. The Morgan fingerprint density at radius 2 is 2.04 bits per heavy atom. The molecule has 6 nitrogen and oxygen atoms in total. The fourth-order valence-electron chi connectivity index (χ4n) is 3.43. The molecule has 2 heterocycles. The van der Waals surface area contributed by atoms with Crippen LogP contribution in [0.25, 0.3) is 0 Å². The fourth-order valence-corrected chi connectivity index (χ4v) is 3.43. The number of anilines is 1. The smallest absolute Gasteiger partial charge is 0.241 e. The number of hydrogen-bond donors (Lipinski definition) is 2. The van der Waals surface area contributed by atoms with Crippen molar-refractivity contribution in [3.05, 3.63) is 30.1 Å². The second-order valence-corrected chi connectivity index (χ2v) is 6.73. The van der Waals surface area contributed by atoms with E-state index >= 15 is 0 Å². The Morgan fingerprint density at radius 1 is 1.28 bits per heavy atom. The van der Waals surface area contributed by atoms with E-state index in [0.717, 1.165) is 19.5 Å². The van der Waals surface area contributed by atoms with Gasteiger partial charge in [-0.25, -0.2) is 4.39 Å². The quantitative estimate of drug-likeness (QED) is 0.849. The maximum Gasteiger partial charge on any atom is 0.241 e. The number of rotatable bonds is 4. The highest BCUT2D eigenvalue weighted by Crippen LogP contribution is 2.16. The minimum absolute atomic E-state index is 0.0975. The van der Waals surface area contributed by atoms with Crippen LogP contribution in [0, 0.1) is 11.7 Å². The van der Waals surface area contributed by atoms with Gasteiger partial charge in [0.05, 0.1) is 12.0 Å². The lowest BCUT2D eigenvalue weighted by Gasteiger charge is -2.38. The monoisotopic (exact) mass is 348 g/mol. The van der Waals surface area contributed by atoms with Crippen LogP contribution in [0.2, 0.25) is 0 Å². The van der Waals surface area contributed by atoms with Crippen LogP contribution < -0.4 is 10.6 Å². The summed E-state index contributed by atoms with van der Waals surface area (Å²) in [6, 6.07) is 5.55. The highest BCUT2D eigenvalue weighted by atomic mass is 19.1. The molecule has 1 aromatic carbocycles. The van der Waals surface area contributed by atoms with Crippen molar-refractivity contribution in [2.75, 3.05) is 44.6 Å². The van der Waals surface area contributed by atoms with E-state index in [4.69, 9.17) is 0 Å². The zero-order valence-electron chi connectivity index (χ0n) is 14.5. The van der Waals surface area contributed by atoms with Crippen molar-refractivity contribution in [2.24, 2.45) is 5.92 Å². The van der Waals surface area contributed by atoms with Gasteiger partial charge in [-0.05, 0) is 38.1 Å². The largest absolute Gasteiger partial charge is 0.340 e. The van der Waals surface area contributed by atoms with Gasteiger partial charge in [-0.1, -0.05) is 6.07 Å². The molecular formula is C18H25FN4O2. The van der Waals surface area contributed by atoms with Gasteiger partial charge in [-0.3, -0.25) is 14.5 Å². The zero-order valence-corrected chi connectivity index (χ0v) is 14.5. The molecule has 2 amide bonds. The van der Waals surface area contributed by atoms with E-state index in [1.165, 1.54) is 12.1 Å². The third-order valence-electron chi connectivity index (χ3n) is 5.05. The van der Waals surface area contributed by atoms with E-state index in [0.29, 0.717) is 31.9 Å². The lowest BCUT2D eigenvalue weighted by atomic mass is 10.1. The van der Waals surface area contributed by atoms with Gasteiger partial charge in [-0.2, -0.15) is 0 Å². The number of benzene rings is 1. The first-order valence-corrected chi connectivity index (χ1v) is 8.84.